The van der Waals surface area contributed by atoms with E-state index in [0.29, 0.717) is 0 Å². The van der Waals surface area contributed by atoms with Crippen molar-refractivity contribution in [3.63, 3.8) is 0 Å². The zero-order chi connectivity index (χ0) is 15.8. The summed E-state index contributed by atoms with van der Waals surface area (Å²) in [6, 6.07) is 3.76. The van der Waals surface area contributed by atoms with Crippen LogP contribution in [-0.2, 0) is 19.1 Å². The predicted octanol–water partition coefficient (Wildman–Crippen LogP) is 0.765. The number of rotatable bonds is 7. The first-order valence-electron chi connectivity index (χ1n) is 5.83. The first-order valence-corrected chi connectivity index (χ1v) is 5.83. The van der Waals surface area contributed by atoms with Crippen LogP contribution in [0.1, 0.15) is 0 Å². The van der Waals surface area contributed by atoms with Crippen LogP contribution in [0.3, 0.4) is 0 Å². The maximum Gasteiger partial charge on any atom is 0.273 e. The molecule has 2 N–H and O–H groups in total. The summed E-state index contributed by atoms with van der Waals surface area (Å²) in [5, 5.41) is 15.7. The van der Waals surface area contributed by atoms with E-state index < -0.39 is 16.7 Å². The van der Waals surface area contributed by atoms with Gasteiger partial charge in [-0.15, -0.1) is 0 Å². The van der Waals surface area contributed by atoms with Crippen LogP contribution < -0.4 is 10.6 Å². The molecule has 0 aliphatic carbocycles. The molecule has 1 aromatic rings. The van der Waals surface area contributed by atoms with Crippen molar-refractivity contribution >= 4 is 28.9 Å². The minimum atomic E-state index is -0.627. The van der Waals surface area contributed by atoms with Crippen molar-refractivity contribution in [2.75, 3.05) is 38.1 Å². The number of methoxy groups -OCH3 is 2. The summed E-state index contributed by atoms with van der Waals surface area (Å²) in [6.45, 7) is -0.373. The molecule has 9 nitrogen and oxygen atoms in total. The van der Waals surface area contributed by atoms with Gasteiger partial charge >= 0.3 is 0 Å². The van der Waals surface area contributed by atoms with E-state index in [9.17, 15) is 19.7 Å². The second-order valence-electron chi connectivity index (χ2n) is 3.99. The van der Waals surface area contributed by atoms with Gasteiger partial charge in [0.05, 0.1) is 4.92 Å². The Labute approximate surface area is 120 Å². The van der Waals surface area contributed by atoms with Gasteiger partial charge in [0.15, 0.2) is 0 Å². The van der Waals surface area contributed by atoms with Gasteiger partial charge in [-0.1, -0.05) is 0 Å². The molecule has 2 amide bonds. The second-order valence-corrected chi connectivity index (χ2v) is 3.99. The number of nitrogens with one attached hydrogen (secondary N) is 2. The van der Waals surface area contributed by atoms with Crippen molar-refractivity contribution in [1.29, 1.82) is 0 Å². The van der Waals surface area contributed by atoms with Gasteiger partial charge in [0.2, 0.25) is 11.8 Å². The summed E-state index contributed by atoms with van der Waals surface area (Å²) in [4.78, 5) is 33.1. The highest BCUT2D eigenvalue weighted by Gasteiger charge is 2.13. The molecule has 0 aliphatic heterocycles. The Bertz CT molecular complexity index is 508. The van der Waals surface area contributed by atoms with Crippen LogP contribution in [0.25, 0.3) is 0 Å². The maximum atomic E-state index is 11.4. The molecule has 1 rings (SSSR count). The van der Waals surface area contributed by atoms with Gasteiger partial charge in [-0.2, -0.15) is 0 Å². The van der Waals surface area contributed by atoms with Crippen molar-refractivity contribution in [3.05, 3.63) is 28.3 Å². The number of amides is 2. The number of nitrogens with zero attached hydrogens (tertiary/aromatic N) is 1. The molecule has 0 radical (unpaired) electrons. The summed E-state index contributed by atoms with van der Waals surface area (Å²) in [5.74, 6) is -0.931. The topological polar surface area (TPSA) is 120 Å². The van der Waals surface area contributed by atoms with E-state index in [1.54, 1.807) is 0 Å². The molecule has 0 atom stereocenters. The van der Waals surface area contributed by atoms with Crippen molar-refractivity contribution in [2.24, 2.45) is 0 Å². The molecule has 9 heteroatoms. The number of anilines is 2. The Kier molecular flexibility index (Phi) is 6.24. The molecule has 1 aromatic carbocycles. The quantitative estimate of drug-likeness (QED) is 0.566. The highest BCUT2D eigenvalue weighted by Crippen LogP contribution is 2.24. The molecule has 21 heavy (non-hydrogen) atoms. The van der Waals surface area contributed by atoms with Crippen molar-refractivity contribution < 1.29 is 24.0 Å². The fraction of sp³-hybridized carbons (Fsp3) is 0.333. The minimum Gasteiger partial charge on any atom is -0.375 e. The number of carbonyl (C=O) groups excluding carboxylic acids is 2. The third kappa shape index (κ3) is 5.55. The van der Waals surface area contributed by atoms with Gasteiger partial charge < -0.3 is 20.1 Å². The minimum absolute atomic E-state index is 0.180. The van der Waals surface area contributed by atoms with Crippen molar-refractivity contribution in [2.45, 2.75) is 0 Å². The van der Waals surface area contributed by atoms with Gasteiger partial charge in [0.25, 0.3) is 5.69 Å². The summed E-state index contributed by atoms with van der Waals surface area (Å²) < 4.78 is 9.30. The molecular formula is C12H15N3O6. The molecule has 0 bridgehead atoms. The molecule has 0 heterocycles. The SMILES string of the molecule is COCC(=O)Nc1cc(NC(=O)COC)cc([N+](=O)[O-])c1. The fourth-order valence-electron chi connectivity index (χ4n) is 1.52. The first kappa shape index (κ1) is 16.5. The Hall–Kier alpha value is -2.52. The van der Waals surface area contributed by atoms with Crippen LogP contribution >= 0.6 is 0 Å². The molecule has 0 aromatic heterocycles. The molecule has 114 valence electrons. The van der Waals surface area contributed by atoms with E-state index in [-0.39, 0.29) is 30.3 Å². The lowest BCUT2D eigenvalue weighted by atomic mass is 10.2. The Morgan fingerprint density at radius 1 is 1.05 bits per heavy atom. The largest absolute Gasteiger partial charge is 0.375 e. The lowest BCUT2D eigenvalue weighted by molar-refractivity contribution is -0.384. The number of hydrogen-bond donors (Lipinski definition) is 2. The Morgan fingerprint density at radius 3 is 1.81 bits per heavy atom. The predicted molar refractivity (Wildman–Crippen MR) is 74.1 cm³/mol. The van der Waals surface area contributed by atoms with Crippen LogP contribution in [0, 0.1) is 10.1 Å². The van der Waals surface area contributed by atoms with Gasteiger partial charge in [-0.25, -0.2) is 0 Å². The number of ether oxygens (including phenoxy) is 2. The van der Waals surface area contributed by atoms with Crippen LogP contribution in [0.5, 0.6) is 0 Å². The molecule has 0 aliphatic rings. The fourth-order valence-corrected chi connectivity index (χ4v) is 1.52. The van der Waals surface area contributed by atoms with E-state index >= 15 is 0 Å². The monoisotopic (exact) mass is 297 g/mol. The van der Waals surface area contributed by atoms with E-state index in [4.69, 9.17) is 0 Å². The van der Waals surface area contributed by atoms with E-state index in [2.05, 4.69) is 20.1 Å². The highest BCUT2D eigenvalue weighted by molar-refractivity contribution is 5.95. The van der Waals surface area contributed by atoms with Crippen molar-refractivity contribution in [1.82, 2.24) is 0 Å². The van der Waals surface area contributed by atoms with E-state index in [1.165, 1.54) is 32.4 Å². The number of nitro benzene ring substituents is 1. The number of carbonyl (C=O) groups is 2. The number of benzene rings is 1. The summed E-state index contributed by atoms with van der Waals surface area (Å²) in [6.07, 6.45) is 0. The van der Waals surface area contributed by atoms with Gasteiger partial charge in [0.1, 0.15) is 13.2 Å². The second kappa shape index (κ2) is 7.92. The zero-order valence-corrected chi connectivity index (χ0v) is 11.5. The molecule has 0 fully saturated rings. The van der Waals surface area contributed by atoms with Crippen molar-refractivity contribution in [3.8, 4) is 0 Å². The number of hydrogen-bond acceptors (Lipinski definition) is 6. The normalized spacial score (nSPS) is 10.0. The third-order valence-corrected chi connectivity index (χ3v) is 2.25. The standard InChI is InChI=1S/C12H15N3O6/c1-20-6-11(16)13-8-3-9(14-12(17)7-21-2)5-10(4-8)15(18)19/h3-5H,6-7H2,1-2H3,(H,13,16)(H,14,17). The maximum absolute atomic E-state index is 11.4. The summed E-state index contributed by atoms with van der Waals surface area (Å²) in [5.41, 5.74) is 0.0934. The van der Waals surface area contributed by atoms with Crippen LogP contribution in [0.4, 0.5) is 17.1 Å². The first-order chi connectivity index (χ1) is 9.96. The van der Waals surface area contributed by atoms with Crippen LogP contribution in [-0.4, -0.2) is 44.2 Å². The number of non-ortho nitro benzene ring substituents is 1. The van der Waals surface area contributed by atoms with Gasteiger partial charge in [0, 0.05) is 37.7 Å². The van der Waals surface area contributed by atoms with Crippen LogP contribution in [0.15, 0.2) is 18.2 Å². The average molecular weight is 297 g/mol. The zero-order valence-electron chi connectivity index (χ0n) is 11.5. The van der Waals surface area contributed by atoms with Gasteiger partial charge in [-0.3, -0.25) is 19.7 Å². The molecule has 0 spiro atoms. The lowest BCUT2D eigenvalue weighted by Crippen LogP contribution is -2.19. The van der Waals surface area contributed by atoms with Crippen LogP contribution in [0.2, 0.25) is 0 Å². The summed E-state index contributed by atoms with van der Waals surface area (Å²) >= 11 is 0. The Balaban J connectivity index is 2.97. The van der Waals surface area contributed by atoms with E-state index in [1.807, 2.05) is 0 Å². The molecular weight excluding hydrogens is 282 g/mol. The average Bonchev–Trinajstić information content (AvgIpc) is 2.38. The Morgan fingerprint density at radius 2 is 1.48 bits per heavy atom. The third-order valence-electron chi connectivity index (χ3n) is 2.25. The molecule has 0 saturated heterocycles. The highest BCUT2D eigenvalue weighted by atomic mass is 16.6. The number of nitro groups is 1. The van der Waals surface area contributed by atoms with Gasteiger partial charge in [-0.05, 0) is 6.07 Å². The smallest absolute Gasteiger partial charge is 0.273 e. The lowest BCUT2D eigenvalue weighted by Gasteiger charge is -2.09. The molecule has 0 saturated carbocycles. The van der Waals surface area contributed by atoms with E-state index in [0.717, 1.165) is 0 Å². The summed E-state index contributed by atoms with van der Waals surface area (Å²) in [7, 11) is 2.70. The molecule has 0 unspecified atom stereocenters.